The molecule has 1 saturated heterocycles. The lowest BCUT2D eigenvalue weighted by Gasteiger charge is -2.33. The van der Waals surface area contributed by atoms with E-state index in [2.05, 4.69) is 40.5 Å². The summed E-state index contributed by atoms with van der Waals surface area (Å²) in [5, 5.41) is 3.49. The van der Waals surface area contributed by atoms with Gasteiger partial charge in [0.05, 0.1) is 39.6 Å². The molecule has 28 heavy (non-hydrogen) atoms. The summed E-state index contributed by atoms with van der Waals surface area (Å²) in [7, 11) is 4.95. The zero-order valence-corrected chi connectivity index (χ0v) is 16.9. The van der Waals surface area contributed by atoms with Gasteiger partial charge in [0.1, 0.15) is 17.2 Å². The Morgan fingerprint density at radius 2 is 1.75 bits per heavy atom. The van der Waals surface area contributed by atoms with E-state index in [9.17, 15) is 0 Å². The number of benzene rings is 2. The summed E-state index contributed by atoms with van der Waals surface area (Å²) in [4.78, 5) is 2.44. The zero-order chi connectivity index (χ0) is 19.8. The topological polar surface area (TPSA) is 52.2 Å². The van der Waals surface area contributed by atoms with Crippen LogP contribution in [-0.2, 0) is 17.8 Å². The van der Waals surface area contributed by atoms with Gasteiger partial charge in [0.15, 0.2) is 0 Å². The molecule has 1 aliphatic heterocycles. The Hall–Kier alpha value is -2.28. The minimum atomic E-state index is 0.160. The van der Waals surface area contributed by atoms with Crippen molar-refractivity contribution in [1.29, 1.82) is 0 Å². The number of nitrogens with one attached hydrogen (secondary N) is 1. The van der Waals surface area contributed by atoms with Gasteiger partial charge in [-0.3, -0.25) is 4.90 Å². The van der Waals surface area contributed by atoms with E-state index in [1.54, 1.807) is 21.3 Å². The lowest BCUT2D eigenvalue weighted by molar-refractivity contribution is -0.0300. The van der Waals surface area contributed by atoms with Crippen LogP contribution >= 0.6 is 0 Å². The van der Waals surface area contributed by atoms with Crippen molar-refractivity contribution < 1.29 is 18.9 Å². The van der Waals surface area contributed by atoms with Gasteiger partial charge in [-0.15, -0.1) is 0 Å². The SMILES string of the molecule is COc1cc(OC)c(CNC[C@@H]2CN(Cc3ccccc3)CCO2)c(OC)c1. The summed E-state index contributed by atoms with van der Waals surface area (Å²) in [5.74, 6) is 2.21. The number of rotatable bonds is 9. The van der Waals surface area contributed by atoms with Crippen molar-refractivity contribution in [1.82, 2.24) is 10.2 Å². The molecule has 3 rings (SSSR count). The number of hydrogen-bond donors (Lipinski definition) is 1. The fourth-order valence-electron chi connectivity index (χ4n) is 3.50. The predicted molar refractivity (Wildman–Crippen MR) is 109 cm³/mol. The Bertz CT molecular complexity index is 714. The van der Waals surface area contributed by atoms with Crippen molar-refractivity contribution in [3.63, 3.8) is 0 Å². The van der Waals surface area contributed by atoms with Crippen LogP contribution in [0.1, 0.15) is 11.1 Å². The lowest BCUT2D eigenvalue weighted by atomic mass is 10.1. The Morgan fingerprint density at radius 3 is 2.39 bits per heavy atom. The second-order valence-corrected chi connectivity index (χ2v) is 6.85. The Morgan fingerprint density at radius 1 is 1.04 bits per heavy atom. The van der Waals surface area contributed by atoms with Crippen LogP contribution in [-0.4, -0.2) is 58.6 Å². The standard InChI is InChI=1S/C22H30N2O4/c1-25-18-11-21(26-2)20(22(12-18)27-3)14-23-13-19-16-24(9-10-28-19)15-17-7-5-4-6-8-17/h4-8,11-12,19,23H,9-10,13-16H2,1-3H3/t19-/m1/s1. The monoisotopic (exact) mass is 386 g/mol. The molecule has 1 aliphatic rings. The van der Waals surface area contributed by atoms with E-state index in [-0.39, 0.29) is 6.10 Å². The van der Waals surface area contributed by atoms with Gasteiger partial charge in [0.25, 0.3) is 0 Å². The van der Waals surface area contributed by atoms with E-state index in [0.29, 0.717) is 12.3 Å². The van der Waals surface area contributed by atoms with E-state index in [1.807, 2.05) is 12.1 Å². The van der Waals surface area contributed by atoms with E-state index in [4.69, 9.17) is 18.9 Å². The Balaban J connectivity index is 1.54. The van der Waals surface area contributed by atoms with Crippen LogP contribution in [0.5, 0.6) is 17.2 Å². The average molecular weight is 386 g/mol. The summed E-state index contributed by atoms with van der Waals surface area (Å²) < 4.78 is 22.3. The van der Waals surface area contributed by atoms with Gasteiger partial charge < -0.3 is 24.3 Å². The normalized spacial score (nSPS) is 17.3. The van der Waals surface area contributed by atoms with E-state index < -0.39 is 0 Å². The van der Waals surface area contributed by atoms with Crippen molar-refractivity contribution in [2.75, 3.05) is 47.6 Å². The maximum Gasteiger partial charge on any atom is 0.130 e. The van der Waals surface area contributed by atoms with E-state index >= 15 is 0 Å². The van der Waals surface area contributed by atoms with Gasteiger partial charge >= 0.3 is 0 Å². The van der Waals surface area contributed by atoms with Crippen LogP contribution in [0.3, 0.4) is 0 Å². The summed E-state index contributed by atoms with van der Waals surface area (Å²) in [6.45, 7) is 5.00. The highest BCUT2D eigenvalue weighted by Gasteiger charge is 2.21. The van der Waals surface area contributed by atoms with Crippen molar-refractivity contribution >= 4 is 0 Å². The maximum absolute atomic E-state index is 5.95. The Labute approximate surface area is 167 Å². The summed E-state index contributed by atoms with van der Waals surface area (Å²) in [6, 6.07) is 14.3. The van der Waals surface area contributed by atoms with Crippen molar-refractivity contribution in [3.8, 4) is 17.2 Å². The van der Waals surface area contributed by atoms with Gasteiger partial charge in [-0.1, -0.05) is 30.3 Å². The molecule has 0 radical (unpaired) electrons. The first kappa shape index (κ1) is 20.5. The number of methoxy groups -OCH3 is 3. The molecule has 0 aromatic heterocycles. The minimum absolute atomic E-state index is 0.160. The first-order chi connectivity index (χ1) is 13.7. The number of hydrogen-bond acceptors (Lipinski definition) is 6. The van der Waals surface area contributed by atoms with Crippen LogP contribution in [0.4, 0.5) is 0 Å². The molecule has 6 nitrogen and oxygen atoms in total. The molecule has 1 N–H and O–H groups in total. The van der Waals surface area contributed by atoms with Crippen molar-refractivity contribution in [3.05, 3.63) is 53.6 Å². The highest BCUT2D eigenvalue weighted by Crippen LogP contribution is 2.33. The molecular formula is C22H30N2O4. The van der Waals surface area contributed by atoms with Crippen LogP contribution in [0.15, 0.2) is 42.5 Å². The smallest absolute Gasteiger partial charge is 0.130 e. The molecule has 6 heteroatoms. The van der Waals surface area contributed by atoms with E-state index in [0.717, 1.165) is 49.8 Å². The summed E-state index contributed by atoms with van der Waals surface area (Å²) in [5.41, 5.74) is 2.31. The summed E-state index contributed by atoms with van der Waals surface area (Å²) in [6.07, 6.45) is 0.160. The average Bonchev–Trinajstić information content (AvgIpc) is 2.74. The van der Waals surface area contributed by atoms with Gasteiger partial charge in [0, 0.05) is 44.9 Å². The van der Waals surface area contributed by atoms with Crippen LogP contribution < -0.4 is 19.5 Å². The molecule has 1 heterocycles. The third-order valence-electron chi connectivity index (χ3n) is 4.96. The lowest BCUT2D eigenvalue weighted by Crippen LogP contribution is -2.46. The van der Waals surface area contributed by atoms with Crippen molar-refractivity contribution in [2.45, 2.75) is 19.2 Å². The molecule has 2 aromatic carbocycles. The highest BCUT2D eigenvalue weighted by atomic mass is 16.5. The number of ether oxygens (including phenoxy) is 4. The minimum Gasteiger partial charge on any atom is -0.496 e. The number of morpholine rings is 1. The molecule has 0 bridgehead atoms. The molecule has 1 fully saturated rings. The quantitative estimate of drug-likeness (QED) is 0.715. The molecule has 0 amide bonds. The van der Waals surface area contributed by atoms with Gasteiger partial charge in [-0.25, -0.2) is 0 Å². The maximum atomic E-state index is 5.95. The zero-order valence-electron chi connectivity index (χ0n) is 16.9. The van der Waals surface area contributed by atoms with Crippen LogP contribution in [0, 0.1) is 0 Å². The highest BCUT2D eigenvalue weighted by molar-refractivity contribution is 5.50. The molecule has 0 unspecified atom stereocenters. The molecule has 1 atom stereocenters. The molecule has 0 aliphatic carbocycles. The third-order valence-corrected chi connectivity index (χ3v) is 4.96. The largest absolute Gasteiger partial charge is 0.496 e. The molecule has 152 valence electrons. The van der Waals surface area contributed by atoms with Crippen LogP contribution in [0.25, 0.3) is 0 Å². The third kappa shape index (κ3) is 5.38. The summed E-state index contributed by atoms with van der Waals surface area (Å²) >= 11 is 0. The van der Waals surface area contributed by atoms with Gasteiger partial charge in [-0.05, 0) is 5.56 Å². The first-order valence-corrected chi connectivity index (χ1v) is 9.61. The van der Waals surface area contributed by atoms with Gasteiger partial charge in [-0.2, -0.15) is 0 Å². The first-order valence-electron chi connectivity index (χ1n) is 9.61. The van der Waals surface area contributed by atoms with Crippen LogP contribution in [0.2, 0.25) is 0 Å². The second kappa shape index (κ2) is 10.3. The fourth-order valence-corrected chi connectivity index (χ4v) is 3.50. The molecule has 2 aromatic rings. The molecule has 0 spiro atoms. The van der Waals surface area contributed by atoms with Gasteiger partial charge in [0.2, 0.25) is 0 Å². The second-order valence-electron chi connectivity index (χ2n) is 6.85. The van der Waals surface area contributed by atoms with E-state index in [1.165, 1.54) is 5.56 Å². The predicted octanol–water partition coefficient (Wildman–Crippen LogP) is 2.70. The number of nitrogens with zero attached hydrogens (tertiary/aromatic N) is 1. The Kier molecular flexibility index (Phi) is 7.54. The molecular weight excluding hydrogens is 356 g/mol. The van der Waals surface area contributed by atoms with Crippen molar-refractivity contribution in [2.24, 2.45) is 0 Å². The molecule has 0 saturated carbocycles. The fraction of sp³-hybridized carbons (Fsp3) is 0.455.